The fourth-order valence-electron chi connectivity index (χ4n) is 3.74. The van der Waals surface area contributed by atoms with Gasteiger partial charge in [0.1, 0.15) is 0 Å². The van der Waals surface area contributed by atoms with Crippen molar-refractivity contribution in [3.05, 3.63) is 41.5 Å². The maximum Gasteiger partial charge on any atom is 0.236 e. The van der Waals surface area contributed by atoms with Gasteiger partial charge >= 0.3 is 0 Å². The highest BCUT2D eigenvalue weighted by Gasteiger charge is 2.32. The number of fused-ring (bicyclic) bond motifs is 1. The number of hydrogen-bond acceptors (Lipinski definition) is 4. The molecule has 3 unspecified atom stereocenters. The minimum Gasteiger partial charge on any atom is -0.384 e. The molecule has 1 N–H and O–H groups in total. The van der Waals surface area contributed by atoms with Crippen LogP contribution in [0.1, 0.15) is 61.7 Å². The predicted molar refractivity (Wildman–Crippen MR) is 81.4 cm³/mol. The molecule has 0 saturated heterocycles. The molecule has 1 fully saturated rings. The summed E-state index contributed by atoms with van der Waals surface area (Å²) in [5, 5.41) is 7.69. The SMILES string of the molecule is CCC1CCC(c2noc(C3CNc4ccccc43)n2)C1. The molecule has 4 rings (SSSR count). The molecule has 4 nitrogen and oxygen atoms in total. The molecule has 110 valence electrons. The number of benzene rings is 1. The molecule has 0 spiro atoms. The lowest BCUT2D eigenvalue weighted by molar-refractivity contribution is 0.361. The predicted octanol–water partition coefficient (Wildman–Crippen LogP) is 3.92. The van der Waals surface area contributed by atoms with Gasteiger partial charge in [-0.2, -0.15) is 4.98 Å². The summed E-state index contributed by atoms with van der Waals surface area (Å²) in [7, 11) is 0. The van der Waals surface area contributed by atoms with Gasteiger partial charge in [-0.1, -0.05) is 36.7 Å². The lowest BCUT2D eigenvalue weighted by Crippen LogP contribution is -2.05. The van der Waals surface area contributed by atoms with Crippen molar-refractivity contribution in [2.75, 3.05) is 11.9 Å². The minimum atomic E-state index is 0.200. The third-order valence-corrected chi connectivity index (χ3v) is 5.07. The Hall–Kier alpha value is -1.84. The van der Waals surface area contributed by atoms with Gasteiger partial charge < -0.3 is 9.84 Å². The Balaban J connectivity index is 1.56. The van der Waals surface area contributed by atoms with Crippen LogP contribution in [0.15, 0.2) is 28.8 Å². The van der Waals surface area contributed by atoms with Crippen molar-refractivity contribution < 1.29 is 4.52 Å². The molecule has 4 heteroatoms. The van der Waals surface area contributed by atoms with Crippen molar-refractivity contribution in [2.24, 2.45) is 5.92 Å². The standard InChI is InChI=1S/C17H21N3O/c1-2-11-7-8-12(9-11)16-19-17(21-20-16)14-10-18-15-6-4-3-5-13(14)15/h3-6,11-12,14,18H,2,7-10H2,1H3. The molecule has 0 radical (unpaired) electrons. The maximum absolute atomic E-state index is 5.59. The third kappa shape index (κ3) is 2.23. The second-order valence-electron chi connectivity index (χ2n) is 6.30. The van der Waals surface area contributed by atoms with Gasteiger partial charge in [0.25, 0.3) is 0 Å². The second-order valence-corrected chi connectivity index (χ2v) is 6.30. The van der Waals surface area contributed by atoms with Crippen LogP contribution in [-0.4, -0.2) is 16.7 Å². The molecule has 1 aliphatic carbocycles. The van der Waals surface area contributed by atoms with E-state index in [2.05, 4.69) is 41.7 Å². The summed E-state index contributed by atoms with van der Waals surface area (Å²) in [5.41, 5.74) is 2.46. The van der Waals surface area contributed by atoms with E-state index in [1.165, 1.54) is 36.9 Å². The van der Waals surface area contributed by atoms with E-state index in [9.17, 15) is 0 Å². The Morgan fingerprint density at radius 3 is 3.05 bits per heavy atom. The van der Waals surface area contributed by atoms with Crippen LogP contribution in [0.2, 0.25) is 0 Å². The quantitative estimate of drug-likeness (QED) is 0.927. The van der Waals surface area contributed by atoms with E-state index in [4.69, 9.17) is 9.51 Å². The number of rotatable bonds is 3. The first-order valence-corrected chi connectivity index (χ1v) is 8.01. The number of para-hydroxylation sites is 1. The molecule has 3 atom stereocenters. The van der Waals surface area contributed by atoms with E-state index in [0.29, 0.717) is 5.92 Å². The summed E-state index contributed by atoms with van der Waals surface area (Å²) in [6.07, 6.45) is 4.99. The normalized spacial score (nSPS) is 27.6. The van der Waals surface area contributed by atoms with E-state index in [0.717, 1.165) is 24.2 Å². The third-order valence-electron chi connectivity index (χ3n) is 5.07. The molecular weight excluding hydrogens is 262 g/mol. The monoisotopic (exact) mass is 283 g/mol. The molecule has 1 saturated carbocycles. The number of nitrogens with one attached hydrogen (secondary N) is 1. The zero-order chi connectivity index (χ0) is 14.2. The van der Waals surface area contributed by atoms with Gasteiger partial charge in [-0.05, 0) is 36.8 Å². The lowest BCUT2D eigenvalue weighted by atomic mass is 10.0. The van der Waals surface area contributed by atoms with Gasteiger partial charge in [0.2, 0.25) is 5.89 Å². The summed E-state index contributed by atoms with van der Waals surface area (Å²) in [5.74, 6) is 3.22. The van der Waals surface area contributed by atoms with E-state index in [1.807, 2.05) is 0 Å². The smallest absolute Gasteiger partial charge is 0.236 e. The van der Waals surface area contributed by atoms with Crippen LogP contribution in [0.3, 0.4) is 0 Å². The van der Waals surface area contributed by atoms with Crippen molar-refractivity contribution in [1.82, 2.24) is 10.1 Å². The Morgan fingerprint density at radius 1 is 1.29 bits per heavy atom. The Kier molecular flexibility index (Phi) is 3.17. The summed E-state index contributed by atoms with van der Waals surface area (Å²) in [4.78, 5) is 4.72. The Labute approximate surface area is 124 Å². The average Bonchev–Trinajstić information content (AvgIpc) is 3.24. The van der Waals surface area contributed by atoms with Crippen molar-refractivity contribution in [3.63, 3.8) is 0 Å². The first kappa shape index (κ1) is 12.9. The summed E-state index contributed by atoms with van der Waals surface area (Å²) in [6, 6.07) is 8.37. The van der Waals surface area contributed by atoms with Crippen LogP contribution in [0.4, 0.5) is 5.69 Å². The molecule has 0 amide bonds. The molecule has 21 heavy (non-hydrogen) atoms. The van der Waals surface area contributed by atoms with Gasteiger partial charge in [-0.15, -0.1) is 0 Å². The van der Waals surface area contributed by atoms with Crippen molar-refractivity contribution in [3.8, 4) is 0 Å². The van der Waals surface area contributed by atoms with Crippen molar-refractivity contribution in [1.29, 1.82) is 0 Å². The van der Waals surface area contributed by atoms with E-state index < -0.39 is 0 Å². The van der Waals surface area contributed by atoms with Crippen LogP contribution < -0.4 is 5.32 Å². The minimum absolute atomic E-state index is 0.200. The maximum atomic E-state index is 5.59. The molecular formula is C17H21N3O. The highest BCUT2D eigenvalue weighted by molar-refractivity contribution is 5.59. The first-order valence-electron chi connectivity index (χ1n) is 8.01. The van der Waals surface area contributed by atoms with E-state index in [1.54, 1.807) is 0 Å². The van der Waals surface area contributed by atoms with Crippen LogP contribution in [-0.2, 0) is 0 Å². The highest BCUT2D eigenvalue weighted by atomic mass is 16.5. The van der Waals surface area contributed by atoms with Gasteiger partial charge in [-0.25, -0.2) is 0 Å². The fourth-order valence-corrected chi connectivity index (χ4v) is 3.74. The summed E-state index contributed by atoms with van der Waals surface area (Å²) >= 11 is 0. The summed E-state index contributed by atoms with van der Waals surface area (Å²) < 4.78 is 5.59. The topological polar surface area (TPSA) is 51.0 Å². The van der Waals surface area contributed by atoms with Gasteiger partial charge in [0.15, 0.2) is 5.82 Å². The van der Waals surface area contributed by atoms with Crippen molar-refractivity contribution >= 4 is 5.69 Å². The first-order chi connectivity index (χ1) is 10.3. The fraction of sp³-hybridized carbons (Fsp3) is 0.529. The van der Waals surface area contributed by atoms with Gasteiger partial charge in [-0.3, -0.25) is 0 Å². The van der Waals surface area contributed by atoms with Crippen LogP contribution >= 0.6 is 0 Å². The molecule has 2 heterocycles. The second kappa shape index (κ2) is 5.17. The van der Waals surface area contributed by atoms with Crippen LogP contribution in [0.5, 0.6) is 0 Å². The van der Waals surface area contributed by atoms with E-state index in [-0.39, 0.29) is 5.92 Å². The lowest BCUT2D eigenvalue weighted by Gasteiger charge is -2.05. The zero-order valence-corrected chi connectivity index (χ0v) is 12.4. The largest absolute Gasteiger partial charge is 0.384 e. The molecule has 1 aliphatic heterocycles. The molecule has 0 bridgehead atoms. The molecule has 2 aliphatic rings. The van der Waals surface area contributed by atoms with Gasteiger partial charge in [0, 0.05) is 18.2 Å². The van der Waals surface area contributed by atoms with E-state index >= 15 is 0 Å². The Morgan fingerprint density at radius 2 is 2.19 bits per heavy atom. The van der Waals surface area contributed by atoms with Crippen LogP contribution in [0.25, 0.3) is 0 Å². The number of anilines is 1. The zero-order valence-electron chi connectivity index (χ0n) is 12.4. The summed E-state index contributed by atoms with van der Waals surface area (Å²) in [6.45, 7) is 3.12. The van der Waals surface area contributed by atoms with Gasteiger partial charge in [0.05, 0.1) is 5.92 Å². The highest BCUT2D eigenvalue weighted by Crippen LogP contribution is 2.40. The molecule has 1 aromatic carbocycles. The molecule has 1 aromatic heterocycles. The molecule has 2 aromatic rings. The number of nitrogens with zero attached hydrogens (tertiary/aromatic N) is 2. The van der Waals surface area contributed by atoms with Crippen molar-refractivity contribution in [2.45, 2.75) is 44.4 Å². The number of hydrogen-bond donors (Lipinski definition) is 1. The van der Waals surface area contributed by atoms with Crippen LogP contribution in [0, 0.1) is 5.92 Å². The Bertz CT molecular complexity index is 636. The number of aromatic nitrogens is 2. The average molecular weight is 283 g/mol.